The van der Waals surface area contributed by atoms with Crippen molar-refractivity contribution in [2.75, 3.05) is 26.3 Å². The van der Waals surface area contributed by atoms with Crippen molar-refractivity contribution in [1.29, 1.82) is 0 Å². The van der Waals surface area contributed by atoms with Crippen LogP contribution in [0, 0.1) is 5.92 Å². The van der Waals surface area contributed by atoms with Crippen molar-refractivity contribution in [3.63, 3.8) is 0 Å². The molecule has 2 aliphatic heterocycles. The van der Waals surface area contributed by atoms with Gasteiger partial charge in [-0.25, -0.2) is 0 Å². The van der Waals surface area contributed by atoms with Crippen molar-refractivity contribution < 1.29 is 9.47 Å². The lowest BCUT2D eigenvalue weighted by Gasteiger charge is -2.38. The van der Waals surface area contributed by atoms with E-state index in [9.17, 15) is 0 Å². The monoisotopic (exact) mass is 327 g/mol. The Labute approximate surface area is 146 Å². The largest absolute Gasteiger partial charge is 0.471 e. The smallest absolute Gasteiger partial charge is 0.186 e. The molecule has 24 heavy (non-hydrogen) atoms. The molecule has 130 valence electrons. The van der Waals surface area contributed by atoms with Crippen LogP contribution in [-0.2, 0) is 9.47 Å². The summed E-state index contributed by atoms with van der Waals surface area (Å²) in [6, 6.07) is 0. The molecule has 1 saturated heterocycles. The SMILES string of the molecule is C=CCC=C/C(=C\C)C(=C)C1OC(N2CCOCC2)=CCC1C=C. The van der Waals surface area contributed by atoms with E-state index in [0.29, 0.717) is 0 Å². The lowest BCUT2D eigenvalue weighted by molar-refractivity contribution is -0.0140. The molecule has 0 aromatic heterocycles. The zero-order valence-corrected chi connectivity index (χ0v) is 14.7. The van der Waals surface area contributed by atoms with Crippen LogP contribution in [0.5, 0.6) is 0 Å². The van der Waals surface area contributed by atoms with Gasteiger partial charge in [0.1, 0.15) is 6.10 Å². The molecule has 2 aliphatic rings. The van der Waals surface area contributed by atoms with E-state index < -0.39 is 0 Å². The summed E-state index contributed by atoms with van der Waals surface area (Å²) < 4.78 is 11.8. The molecule has 0 aliphatic carbocycles. The summed E-state index contributed by atoms with van der Waals surface area (Å²) in [5.41, 5.74) is 2.11. The first-order valence-electron chi connectivity index (χ1n) is 8.66. The lowest BCUT2D eigenvalue weighted by atomic mass is 9.87. The first-order valence-corrected chi connectivity index (χ1v) is 8.66. The van der Waals surface area contributed by atoms with Crippen LogP contribution in [0.4, 0.5) is 0 Å². The van der Waals surface area contributed by atoms with Gasteiger partial charge in [-0.3, -0.25) is 0 Å². The third-order valence-electron chi connectivity index (χ3n) is 4.45. The molecule has 0 saturated carbocycles. The number of hydrogen-bond donors (Lipinski definition) is 0. The number of rotatable bonds is 7. The van der Waals surface area contributed by atoms with Gasteiger partial charge in [-0.15, -0.1) is 13.2 Å². The second-order valence-electron chi connectivity index (χ2n) is 6.01. The summed E-state index contributed by atoms with van der Waals surface area (Å²) >= 11 is 0. The van der Waals surface area contributed by atoms with Crippen LogP contribution in [0.15, 0.2) is 73.2 Å². The zero-order chi connectivity index (χ0) is 17.4. The Morgan fingerprint density at radius 1 is 1.33 bits per heavy atom. The van der Waals surface area contributed by atoms with E-state index in [1.807, 2.05) is 19.1 Å². The first kappa shape index (κ1) is 18.3. The summed E-state index contributed by atoms with van der Waals surface area (Å²) in [5.74, 6) is 1.19. The average Bonchev–Trinajstić information content (AvgIpc) is 2.65. The zero-order valence-electron chi connectivity index (χ0n) is 14.7. The van der Waals surface area contributed by atoms with Gasteiger partial charge >= 0.3 is 0 Å². The predicted octanol–water partition coefficient (Wildman–Crippen LogP) is 4.39. The van der Waals surface area contributed by atoms with Crippen LogP contribution in [0.3, 0.4) is 0 Å². The van der Waals surface area contributed by atoms with Crippen molar-refractivity contribution in [1.82, 2.24) is 4.90 Å². The highest BCUT2D eigenvalue weighted by atomic mass is 16.5. The molecule has 0 radical (unpaired) electrons. The molecule has 0 N–H and O–H groups in total. The molecule has 2 heterocycles. The van der Waals surface area contributed by atoms with E-state index in [1.165, 1.54) is 0 Å². The average molecular weight is 327 g/mol. The minimum atomic E-state index is -0.0788. The molecule has 3 nitrogen and oxygen atoms in total. The molecule has 0 aromatic carbocycles. The molecular formula is C21H29NO2. The fourth-order valence-corrected chi connectivity index (χ4v) is 3.01. The Balaban J connectivity index is 2.13. The fourth-order valence-electron chi connectivity index (χ4n) is 3.01. The van der Waals surface area contributed by atoms with Gasteiger partial charge in [0.25, 0.3) is 0 Å². The highest BCUT2D eigenvalue weighted by Crippen LogP contribution is 2.33. The lowest BCUT2D eigenvalue weighted by Crippen LogP contribution is -2.40. The molecule has 2 unspecified atom stereocenters. The quantitative estimate of drug-likeness (QED) is 0.511. The van der Waals surface area contributed by atoms with Crippen LogP contribution >= 0.6 is 0 Å². The van der Waals surface area contributed by atoms with Gasteiger partial charge in [0.05, 0.1) is 13.2 Å². The van der Waals surface area contributed by atoms with Crippen LogP contribution in [0.2, 0.25) is 0 Å². The van der Waals surface area contributed by atoms with E-state index in [0.717, 1.165) is 56.2 Å². The Kier molecular flexibility index (Phi) is 7.13. The highest BCUT2D eigenvalue weighted by Gasteiger charge is 2.30. The Hall–Kier alpha value is -2.00. The summed E-state index contributed by atoms with van der Waals surface area (Å²) in [6.45, 7) is 17.3. The third kappa shape index (κ3) is 4.51. The summed E-state index contributed by atoms with van der Waals surface area (Å²) in [7, 11) is 0. The number of ether oxygens (including phenoxy) is 2. The molecule has 0 spiro atoms. The van der Waals surface area contributed by atoms with Crippen molar-refractivity contribution >= 4 is 0 Å². The van der Waals surface area contributed by atoms with Crippen LogP contribution in [-0.4, -0.2) is 37.3 Å². The topological polar surface area (TPSA) is 21.7 Å². The van der Waals surface area contributed by atoms with Gasteiger partial charge in [-0.1, -0.05) is 37.0 Å². The van der Waals surface area contributed by atoms with Gasteiger partial charge in [-0.2, -0.15) is 0 Å². The molecule has 2 atom stereocenters. The molecule has 0 bridgehead atoms. The predicted molar refractivity (Wildman–Crippen MR) is 101 cm³/mol. The van der Waals surface area contributed by atoms with Gasteiger partial charge in [0.2, 0.25) is 0 Å². The summed E-state index contributed by atoms with van der Waals surface area (Å²) in [6.07, 6.45) is 14.0. The molecule has 1 fully saturated rings. The van der Waals surface area contributed by atoms with Gasteiger partial charge in [0, 0.05) is 19.0 Å². The molecule has 2 rings (SSSR count). The molecule has 0 amide bonds. The Morgan fingerprint density at radius 2 is 2.08 bits per heavy atom. The van der Waals surface area contributed by atoms with Crippen LogP contribution in [0.1, 0.15) is 19.8 Å². The third-order valence-corrected chi connectivity index (χ3v) is 4.45. The Bertz CT molecular complexity index is 550. The minimum Gasteiger partial charge on any atom is -0.471 e. The van der Waals surface area contributed by atoms with Crippen molar-refractivity contribution in [3.8, 4) is 0 Å². The van der Waals surface area contributed by atoms with E-state index in [4.69, 9.17) is 9.47 Å². The highest BCUT2D eigenvalue weighted by molar-refractivity contribution is 5.41. The maximum absolute atomic E-state index is 6.35. The van der Waals surface area contributed by atoms with Crippen molar-refractivity contribution in [2.45, 2.75) is 25.9 Å². The van der Waals surface area contributed by atoms with Gasteiger partial charge < -0.3 is 14.4 Å². The van der Waals surface area contributed by atoms with E-state index >= 15 is 0 Å². The fraction of sp³-hybridized carbons (Fsp3) is 0.429. The van der Waals surface area contributed by atoms with Crippen LogP contribution in [0.25, 0.3) is 0 Å². The Morgan fingerprint density at radius 3 is 2.71 bits per heavy atom. The number of hydrogen-bond acceptors (Lipinski definition) is 3. The summed E-state index contributed by atoms with van der Waals surface area (Å²) in [4.78, 5) is 2.26. The second kappa shape index (κ2) is 9.33. The van der Waals surface area contributed by atoms with Crippen molar-refractivity contribution in [2.24, 2.45) is 5.92 Å². The van der Waals surface area contributed by atoms with Crippen molar-refractivity contribution in [3.05, 3.63) is 73.2 Å². The number of nitrogens with zero attached hydrogens (tertiary/aromatic N) is 1. The molecule has 0 aromatic rings. The van der Waals surface area contributed by atoms with E-state index in [-0.39, 0.29) is 12.0 Å². The van der Waals surface area contributed by atoms with E-state index in [2.05, 4.69) is 48.9 Å². The maximum atomic E-state index is 6.35. The van der Waals surface area contributed by atoms with Crippen LogP contribution < -0.4 is 0 Å². The van der Waals surface area contributed by atoms with E-state index in [1.54, 1.807) is 0 Å². The van der Waals surface area contributed by atoms with Gasteiger partial charge in [-0.05, 0) is 37.0 Å². The molecular weight excluding hydrogens is 298 g/mol. The standard InChI is InChI=1S/C21H29NO2/c1-5-8-9-10-18(6-2)17(4)21-19(7-3)11-12-20(24-21)22-13-15-23-16-14-22/h5-7,9-10,12,19,21H,1,3-4,8,11,13-16H2,2H3/b10-9?,18-6+. The normalized spacial score (nSPS) is 25.1. The number of allylic oxidation sites excluding steroid dienone is 5. The molecule has 3 heteroatoms. The number of morpholine rings is 1. The maximum Gasteiger partial charge on any atom is 0.186 e. The first-order chi connectivity index (χ1) is 11.7. The second-order valence-corrected chi connectivity index (χ2v) is 6.01. The summed E-state index contributed by atoms with van der Waals surface area (Å²) in [5, 5.41) is 0. The minimum absolute atomic E-state index is 0.0788. The van der Waals surface area contributed by atoms with Gasteiger partial charge in [0.15, 0.2) is 5.88 Å².